The first-order valence-electron chi connectivity index (χ1n) is 15.9. The Bertz CT molecular complexity index is 1830. The first kappa shape index (κ1) is 33.9. The second-order valence-corrected chi connectivity index (χ2v) is 11.8. The molecule has 2 aromatic carbocycles. The van der Waals surface area contributed by atoms with Crippen LogP contribution in [0.15, 0.2) is 65.6 Å². The number of para-hydroxylation sites is 1. The quantitative estimate of drug-likeness (QED) is 0.340. The van der Waals surface area contributed by atoms with Crippen LogP contribution in [0.3, 0.4) is 0 Å². The van der Waals surface area contributed by atoms with Gasteiger partial charge in [0.15, 0.2) is 11.5 Å². The molecule has 1 aliphatic heterocycles. The van der Waals surface area contributed by atoms with Gasteiger partial charge in [0, 0.05) is 64.4 Å². The monoisotopic (exact) mass is 655 g/mol. The molecule has 48 heavy (non-hydrogen) atoms. The Labute approximate surface area is 278 Å². The smallest absolute Gasteiger partial charge is 0.263 e. The van der Waals surface area contributed by atoms with Gasteiger partial charge in [-0.15, -0.1) is 5.10 Å². The second-order valence-electron chi connectivity index (χ2n) is 11.8. The van der Waals surface area contributed by atoms with Crippen molar-refractivity contribution in [2.24, 2.45) is 7.05 Å². The minimum absolute atomic E-state index is 0.0805. The van der Waals surface area contributed by atoms with Gasteiger partial charge in [-0.05, 0) is 43.2 Å². The van der Waals surface area contributed by atoms with Crippen LogP contribution in [-0.2, 0) is 31.2 Å². The molecule has 3 amide bonds. The van der Waals surface area contributed by atoms with Crippen LogP contribution in [0.1, 0.15) is 49.7 Å². The van der Waals surface area contributed by atoms with Crippen molar-refractivity contribution in [2.75, 3.05) is 33.4 Å². The Morgan fingerprint density at radius 1 is 1.04 bits per heavy atom. The lowest BCUT2D eigenvalue weighted by molar-refractivity contribution is -0.123. The molecule has 252 valence electrons. The van der Waals surface area contributed by atoms with Gasteiger partial charge in [0.05, 0.1) is 25.0 Å². The van der Waals surface area contributed by atoms with E-state index in [2.05, 4.69) is 20.9 Å². The number of ether oxygens (including phenoxy) is 2. The third-order valence-corrected chi connectivity index (χ3v) is 8.40. The van der Waals surface area contributed by atoms with Crippen molar-refractivity contribution in [2.45, 2.75) is 45.7 Å². The van der Waals surface area contributed by atoms with Crippen LogP contribution in [0.4, 0.5) is 0 Å². The normalized spacial score (nSPS) is 16.3. The molecule has 0 saturated carbocycles. The average molecular weight is 656 g/mol. The maximum Gasteiger partial charge on any atom is 0.263 e. The molecule has 1 atom stereocenters. The highest BCUT2D eigenvalue weighted by Gasteiger charge is 2.27. The van der Waals surface area contributed by atoms with Gasteiger partial charge in [0.1, 0.15) is 11.6 Å². The highest BCUT2D eigenvalue weighted by atomic mass is 16.5. The molecule has 0 fully saturated rings. The summed E-state index contributed by atoms with van der Waals surface area (Å²) in [6.07, 6.45) is 2.99. The van der Waals surface area contributed by atoms with Crippen molar-refractivity contribution < 1.29 is 23.9 Å². The predicted octanol–water partition coefficient (Wildman–Crippen LogP) is 2.23. The van der Waals surface area contributed by atoms with E-state index in [-0.39, 0.29) is 55.1 Å². The van der Waals surface area contributed by atoms with Crippen LogP contribution < -0.4 is 25.7 Å². The van der Waals surface area contributed by atoms with Gasteiger partial charge in [-0.2, -0.15) is 0 Å². The summed E-state index contributed by atoms with van der Waals surface area (Å²) in [5, 5.41) is 14.3. The van der Waals surface area contributed by atoms with Crippen molar-refractivity contribution in [1.82, 2.24) is 35.1 Å². The van der Waals surface area contributed by atoms with Crippen molar-refractivity contribution in [3.05, 3.63) is 105 Å². The zero-order chi connectivity index (χ0) is 34.2. The molecule has 0 unspecified atom stereocenters. The van der Waals surface area contributed by atoms with E-state index >= 15 is 0 Å². The van der Waals surface area contributed by atoms with Gasteiger partial charge >= 0.3 is 0 Å². The van der Waals surface area contributed by atoms with Crippen molar-refractivity contribution >= 4 is 17.7 Å². The summed E-state index contributed by atoms with van der Waals surface area (Å²) in [6, 6.07) is 15.3. The minimum atomic E-state index is -0.939. The fourth-order valence-corrected chi connectivity index (χ4v) is 5.66. The number of carbonyl (C=O) groups excluding carboxylic acids is 3. The number of aromatic nitrogens is 4. The highest BCUT2D eigenvalue weighted by molar-refractivity contribution is 6.00. The van der Waals surface area contributed by atoms with Crippen LogP contribution in [0.5, 0.6) is 11.5 Å². The highest BCUT2D eigenvalue weighted by Crippen LogP contribution is 2.31. The van der Waals surface area contributed by atoms with Gasteiger partial charge in [0.2, 0.25) is 5.91 Å². The van der Waals surface area contributed by atoms with Gasteiger partial charge in [-0.1, -0.05) is 41.6 Å². The van der Waals surface area contributed by atoms with Crippen molar-refractivity contribution in [1.29, 1.82) is 0 Å². The van der Waals surface area contributed by atoms with E-state index < -0.39 is 23.8 Å². The molecule has 13 nitrogen and oxygen atoms in total. The number of fused-ring (bicyclic) bond motifs is 3. The Morgan fingerprint density at radius 3 is 2.60 bits per heavy atom. The van der Waals surface area contributed by atoms with E-state index in [1.165, 1.54) is 11.7 Å². The molecule has 1 aliphatic rings. The molecule has 4 aromatic rings. The number of aryl methyl sites for hydroxylation is 3. The number of nitrogens with one attached hydrogen (secondary N) is 2. The average Bonchev–Trinajstić information content (AvgIpc) is 3.54. The summed E-state index contributed by atoms with van der Waals surface area (Å²) in [7, 11) is 3.13. The minimum Gasteiger partial charge on any atom is -0.493 e. The molecule has 2 N–H and O–H groups in total. The number of benzene rings is 2. The van der Waals surface area contributed by atoms with Gasteiger partial charge in [0.25, 0.3) is 17.4 Å². The van der Waals surface area contributed by atoms with Crippen molar-refractivity contribution in [3.63, 3.8) is 0 Å². The van der Waals surface area contributed by atoms with Gasteiger partial charge < -0.3 is 29.6 Å². The SMILES string of the molecule is COc1cccc2c1OCCCn1cc(nn1)CCN(C(=O)c1c(C)cc(C)n(C)c1=O)CCNC(=O)[C@H](Cc1ccccc1)NC2=O. The molecule has 0 saturated heterocycles. The Kier molecular flexibility index (Phi) is 10.9. The number of rotatable bonds is 4. The topological polar surface area (TPSA) is 150 Å². The summed E-state index contributed by atoms with van der Waals surface area (Å²) in [6.45, 7) is 4.76. The fraction of sp³-hybridized carbons (Fsp3) is 0.371. The Morgan fingerprint density at radius 2 is 1.83 bits per heavy atom. The third kappa shape index (κ3) is 7.91. The van der Waals surface area contributed by atoms with Crippen LogP contribution in [-0.4, -0.2) is 81.6 Å². The van der Waals surface area contributed by atoms with E-state index in [0.29, 0.717) is 36.4 Å². The molecule has 0 radical (unpaired) electrons. The molecule has 3 heterocycles. The zero-order valence-corrected chi connectivity index (χ0v) is 27.7. The van der Waals surface area contributed by atoms with E-state index in [0.717, 1.165) is 11.3 Å². The van der Waals surface area contributed by atoms with E-state index in [1.54, 1.807) is 47.8 Å². The predicted molar refractivity (Wildman–Crippen MR) is 178 cm³/mol. The molecule has 0 aliphatic carbocycles. The number of pyridine rings is 1. The number of nitrogens with zero attached hydrogens (tertiary/aromatic N) is 5. The molecule has 5 rings (SSSR count). The lowest BCUT2D eigenvalue weighted by Crippen LogP contribution is -2.50. The van der Waals surface area contributed by atoms with Crippen LogP contribution in [0.2, 0.25) is 0 Å². The summed E-state index contributed by atoms with van der Waals surface area (Å²) < 4.78 is 14.7. The molecular formula is C35H41N7O6. The standard InChI is InChI=1S/C35H41N7O6/c1-23-20-24(2)40(3)34(45)30(23)35(46)41-17-14-26-22-42(39-38-26)16-9-19-48-31-27(12-8-13-29(31)47-4)32(43)37-28(33(44)36-15-18-41)21-25-10-6-5-7-11-25/h5-8,10-13,20,22,28H,9,14-19,21H2,1-4H3,(H,36,44)(H,37,43)/t28-/m0/s1. The molecule has 2 bridgehead atoms. The maximum atomic E-state index is 13.9. The van der Waals surface area contributed by atoms with Crippen LogP contribution in [0, 0.1) is 13.8 Å². The van der Waals surface area contributed by atoms with Crippen molar-refractivity contribution in [3.8, 4) is 11.5 Å². The third-order valence-electron chi connectivity index (χ3n) is 8.40. The maximum absolute atomic E-state index is 13.9. The van der Waals surface area contributed by atoms with E-state index in [4.69, 9.17) is 9.47 Å². The fourth-order valence-electron chi connectivity index (χ4n) is 5.66. The van der Waals surface area contributed by atoms with Gasteiger partial charge in [-0.3, -0.25) is 23.9 Å². The van der Waals surface area contributed by atoms with Crippen LogP contribution in [0.25, 0.3) is 0 Å². The molecule has 2 aromatic heterocycles. The lowest BCUT2D eigenvalue weighted by atomic mass is 10.0. The molecule has 0 spiro atoms. The summed E-state index contributed by atoms with van der Waals surface area (Å²) in [5.74, 6) is -0.684. The summed E-state index contributed by atoms with van der Waals surface area (Å²) in [5.41, 5.74) is 2.78. The first-order chi connectivity index (χ1) is 23.2. The zero-order valence-electron chi connectivity index (χ0n) is 27.7. The largest absolute Gasteiger partial charge is 0.493 e. The van der Waals surface area contributed by atoms with E-state index in [9.17, 15) is 19.2 Å². The Balaban J connectivity index is 1.45. The number of hydrogen-bond donors (Lipinski definition) is 2. The Hall–Kier alpha value is -5.46. The number of methoxy groups -OCH3 is 1. The summed E-state index contributed by atoms with van der Waals surface area (Å²) >= 11 is 0. The second kappa shape index (κ2) is 15.4. The number of carbonyl (C=O) groups is 3. The molecule has 13 heteroatoms. The lowest BCUT2D eigenvalue weighted by Gasteiger charge is -2.25. The first-order valence-corrected chi connectivity index (χ1v) is 15.9. The number of amides is 3. The van der Waals surface area contributed by atoms with Crippen LogP contribution >= 0.6 is 0 Å². The molecular weight excluding hydrogens is 614 g/mol. The summed E-state index contributed by atoms with van der Waals surface area (Å²) in [4.78, 5) is 56.1. The van der Waals surface area contributed by atoms with E-state index in [1.807, 2.05) is 43.5 Å². The van der Waals surface area contributed by atoms with Gasteiger partial charge in [-0.25, -0.2) is 0 Å². The number of hydrogen-bond acceptors (Lipinski definition) is 8.